The van der Waals surface area contributed by atoms with Crippen molar-refractivity contribution >= 4 is 17.2 Å². The van der Waals surface area contributed by atoms with Gasteiger partial charge in [-0.25, -0.2) is 9.97 Å². The number of hydrogen-bond donors (Lipinski definition) is 1. The molecule has 0 saturated carbocycles. The molecule has 0 radical (unpaired) electrons. The molecule has 2 heterocycles. The van der Waals surface area contributed by atoms with Gasteiger partial charge in [-0.1, -0.05) is 0 Å². The summed E-state index contributed by atoms with van der Waals surface area (Å²) in [4.78, 5) is 12.5. The molecule has 0 atom stereocenters. The summed E-state index contributed by atoms with van der Waals surface area (Å²) in [6.45, 7) is 4.14. The Morgan fingerprint density at radius 2 is 2.07 bits per heavy atom. The summed E-state index contributed by atoms with van der Waals surface area (Å²) in [5.74, 6) is 0.762. The highest BCUT2D eigenvalue weighted by molar-refractivity contribution is 7.09. The lowest BCUT2D eigenvalue weighted by Gasteiger charge is -2.23. The van der Waals surface area contributed by atoms with Crippen molar-refractivity contribution in [2.24, 2.45) is 0 Å². The standard InChI is InChI=1S/C10H12N4S/c1-10(2,9-13-5-6-15-9)14-8-7-11-3-4-12-8/h3-7H,1-2H3,(H,12,14). The quantitative estimate of drug-likeness (QED) is 0.862. The maximum Gasteiger partial charge on any atom is 0.145 e. The number of nitrogens with one attached hydrogen (secondary N) is 1. The van der Waals surface area contributed by atoms with E-state index in [9.17, 15) is 0 Å². The maximum atomic E-state index is 4.29. The van der Waals surface area contributed by atoms with E-state index in [-0.39, 0.29) is 5.54 Å². The second-order valence-electron chi connectivity index (χ2n) is 3.68. The molecule has 0 saturated heterocycles. The second kappa shape index (κ2) is 3.94. The highest BCUT2D eigenvalue weighted by atomic mass is 32.1. The third kappa shape index (κ3) is 2.30. The molecular formula is C10H12N4S. The highest BCUT2D eigenvalue weighted by Crippen LogP contribution is 2.25. The fourth-order valence-electron chi connectivity index (χ4n) is 1.27. The number of thiazole rings is 1. The van der Waals surface area contributed by atoms with Crippen LogP contribution in [0.5, 0.6) is 0 Å². The number of aromatic nitrogens is 3. The van der Waals surface area contributed by atoms with E-state index in [1.807, 2.05) is 5.38 Å². The van der Waals surface area contributed by atoms with Crippen molar-refractivity contribution in [3.05, 3.63) is 35.2 Å². The van der Waals surface area contributed by atoms with E-state index in [1.54, 1.807) is 36.1 Å². The molecule has 0 bridgehead atoms. The van der Waals surface area contributed by atoms with Crippen molar-refractivity contribution in [1.82, 2.24) is 15.0 Å². The van der Waals surface area contributed by atoms with Gasteiger partial charge in [0.1, 0.15) is 10.8 Å². The lowest BCUT2D eigenvalue weighted by Crippen LogP contribution is -2.28. The van der Waals surface area contributed by atoms with Gasteiger partial charge >= 0.3 is 0 Å². The van der Waals surface area contributed by atoms with Crippen LogP contribution in [0.2, 0.25) is 0 Å². The first kappa shape index (κ1) is 10.0. The first-order valence-electron chi connectivity index (χ1n) is 4.63. The Kier molecular flexibility index (Phi) is 2.64. The Labute approximate surface area is 92.4 Å². The Morgan fingerprint density at radius 1 is 1.20 bits per heavy atom. The minimum atomic E-state index is -0.218. The van der Waals surface area contributed by atoms with Crippen molar-refractivity contribution in [1.29, 1.82) is 0 Å². The third-order valence-corrected chi connectivity index (χ3v) is 3.07. The molecule has 0 fully saturated rings. The van der Waals surface area contributed by atoms with E-state index < -0.39 is 0 Å². The Hall–Kier alpha value is -1.49. The average molecular weight is 220 g/mol. The fourth-order valence-corrected chi connectivity index (χ4v) is 1.99. The van der Waals surface area contributed by atoms with Gasteiger partial charge in [-0.3, -0.25) is 4.98 Å². The SMILES string of the molecule is CC(C)(Nc1cnccn1)c1nccs1. The zero-order chi connectivity index (χ0) is 10.7. The van der Waals surface area contributed by atoms with Gasteiger partial charge in [0.05, 0.1) is 11.7 Å². The normalized spacial score (nSPS) is 11.3. The molecule has 78 valence electrons. The van der Waals surface area contributed by atoms with E-state index in [4.69, 9.17) is 0 Å². The number of rotatable bonds is 3. The second-order valence-corrected chi connectivity index (χ2v) is 4.57. The molecule has 15 heavy (non-hydrogen) atoms. The predicted octanol–water partition coefficient (Wildman–Crippen LogP) is 2.28. The smallest absolute Gasteiger partial charge is 0.145 e. The summed E-state index contributed by atoms with van der Waals surface area (Å²) in [5.41, 5.74) is -0.218. The Morgan fingerprint density at radius 3 is 2.67 bits per heavy atom. The van der Waals surface area contributed by atoms with Gasteiger partial charge < -0.3 is 5.32 Å². The van der Waals surface area contributed by atoms with E-state index in [0.717, 1.165) is 10.8 Å². The van der Waals surface area contributed by atoms with Crippen LogP contribution in [-0.4, -0.2) is 15.0 Å². The Bertz CT molecular complexity index is 410. The van der Waals surface area contributed by atoms with E-state index in [1.165, 1.54) is 0 Å². The number of hydrogen-bond acceptors (Lipinski definition) is 5. The summed E-state index contributed by atoms with van der Waals surface area (Å²) in [5, 5.41) is 6.30. The third-order valence-electron chi connectivity index (χ3n) is 1.97. The lowest BCUT2D eigenvalue weighted by molar-refractivity contribution is 0.600. The van der Waals surface area contributed by atoms with Crippen LogP contribution in [0.4, 0.5) is 5.82 Å². The largest absolute Gasteiger partial charge is 0.357 e. The van der Waals surface area contributed by atoms with Crippen molar-refractivity contribution in [3.8, 4) is 0 Å². The molecule has 4 nitrogen and oxygen atoms in total. The molecular weight excluding hydrogens is 208 g/mol. The first-order chi connectivity index (χ1) is 7.18. The molecule has 0 aliphatic rings. The molecule has 1 N–H and O–H groups in total. The van der Waals surface area contributed by atoms with Gasteiger partial charge in [0.2, 0.25) is 0 Å². The number of nitrogens with zero attached hydrogens (tertiary/aromatic N) is 3. The molecule has 0 unspecified atom stereocenters. The van der Waals surface area contributed by atoms with Crippen molar-refractivity contribution < 1.29 is 0 Å². The van der Waals surface area contributed by atoms with Crippen LogP contribution in [0.1, 0.15) is 18.9 Å². The van der Waals surface area contributed by atoms with E-state index >= 15 is 0 Å². The lowest BCUT2D eigenvalue weighted by atomic mass is 10.1. The summed E-state index contributed by atoms with van der Waals surface area (Å²) in [6, 6.07) is 0. The molecule has 5 heteroatoms. The van der Waals surface area contributed by atoms with Crippen molar-refractivity contribution in [2.75, 3.05) is 5.32 Å². The van der Waals surface area contributed by atoms with Gasteiger partial charge in [0.25, 0.3) is 0 Å². The fraction of sp³-hybridized carbons (Fsp3) is 0.300. The molecule has 0 aliphatic heterocycles. The molecule has 2 aromatic rings. The van der Waals surface area contributed by atoms with E-state index in [0.29, 0.717) is 0 Å². The molecule has 0 amide bonds. The molecule has 2 rings (SSSR count). The monoisotopic (exact) mass is 220 g/mol. The number of anilines is 1. The zero-order valence-electron chi connectivity index (χ0n) is 8.64. The van der Waals surface area contributed by atoms with Gasteiger partial charge in [0, 0.05) is 24.0 Å². The maximum absolute atomic E-state index is 4.29. The van der Waals surface area contributed by atoms with Gasteiger partial charge in [-0.05, 0) is 13.8 Å². The minimum Gasteiger partial charge on any atom is -0.357 e. The zero-order valence-corrected chi connectivity index (χ0v) is 9.45. The highest BCUT2D eigenvalue weighted by Gasteiger charge is 2.23. The topological polar surface area (TPSA) is 50.7 Å². The van der Waals surface area contributed by atoms with Crippen LogP contribution in [0.15, 0.2) is 30.2 Å². The molecule has 2 aromatic heterocycles. The van der Waals surface area contributed by atoms with Crippen LogP contribution >= 0.6 is 11.3 Å². The van der Waals surface area contributed by atoms with Gasteiger partial charge in [0.15, 0.2) is 0 Å². The van der Waals surface area contributed by atoms with Crippen LogP contribution in [0.3, 0.4) is 0 Å². The summed E-state index contributed by atoms with van der Waals surface area (Å²) in [7, 11) is 0. The van der Waals surface area contributed by atoms with Gasteiger partial charge in [-0.2, -0.15) is 0 Å². The minimum absolute atomic E-state index is 0.218. The molecule has 0 aliphatic carbocycles. The van der Waals surface area contributed by atoms with Crippen molar-refractivity contribution in [2.45, 2.75) is 19.4 Å². The summed E-state index contributed by atoms with van der Waals surface area (Å²) >= 11 is 1.63. The van der Waals surface area contributed by atoms with Crippen molar-refractivity contribution in [3.63, 3.8) is 0 Å². The van der Waals surface area contributed by atoms with Crippen LogP contribution in [0, 0.1) is 0 Å². The van der Waals surface area contributed by atoms with Gasteiger partial charge in [-0.15, -0.1) is 11.3 Å². The average Bonchev–Trinajstić information content (AvgIpc) is 2.71. The molecule has 0 aromatic carbocycles. The summed E-state index contributed by atoms with van der Waals surface area (Å²) in [6.07, 6.45) is 6.83. The summed E-state index contributed by atoms with van der Waals surface area (Å²) < 4.78 is 0. The van der Waals surface area contributed by atoms with Crippen LogP contribution in [0.25, 0.3) is 0 Å². The molecule has 0 spiro atoms. The van der Waals surface area contributed by atoms with Crippen LogP contribution in [-0.2, 0) is 5.54 Å². The predicted molar refractivity (Wildman–Crippen MR) is 60.8 cm³/mol. The van der Waals surface area contributed by atoms with E-state index in [2.05, 4.69) is 34.1 Å². The van der Waals surface area contributed by atoms with Crippen LogP contribution < -0.4 is 5.32 Å². The first-order valence-corrected chi connectivity index (χ1v) is 5.50. The Balaban J connectivity index is 2.18.